The van der Waals surface area contributed by atoms with Gasteiger partial charge in [-0.25, -0.2) is 0 Å². The van der Waals surface area contributed by atoms with Crippen LogP contribution in [0.1, 0.15) is 48.5 Å². The summed E-state index contributed by atoms with van der Waals surface area (Å²) in [6.07, 6.45) is 4.35. The van der Waals surface area contributed by atoms with Gasteiger partial charge in [0.25, 0.3) is 5.91 Å². The first-order valence-electron chi connectivity index (χ1n) is 7.94. The number of hydrogen-bond acceptors (Lipinski definition) is 3. The summed E-state index contributed by atoms with van der Waals surface area (Å²) in [5.74, 6) is 0.0572. The maximum atomic E-state index is 12.7. The molecule has 1 aromatic carbocycles. The third-order valence-electron chi connectivity index (χ3n) is 4.14. The summed E-state index contributed by atoms with van der Waals surface area (Å²) < 4.78 is 0. The maximum absolute atomic E-state index is 12.7. The van der Waals surface area contributed by atoms with Crippen LogP contribution in [0.5, 0.6) is 5.75 Å². The van der Waals surface area contributed by atoms with Crippen LogP contribution >= 0.6 is 0 Å². The molecule has 0 radical (unpaired) electrons. The highest BCUT2D eigenvalue weighted by atomic mass is 16.3. The Bertz CT molecular complexity index is 482. The first kappa shape index (κ1) is 15.8. The number of nitrogens with zero attached hydrogens (tertiary/aromatic N) is 1. The molecule has 1 aliphatic rings. The Hall–Kier alpha value is -1.55. The summed E-state index contributed by atoms with van der Waals surface area (Å²) in [4.78, 5) is 14.6. The topological polar surface area (TPSA) is 52.6 Å². The second-order valence-corrected chi connectivity index (χ2v) is 5.87. The minimum atomic E-state index is -0.0571. The molecule has 0 saturated carbocycles. The molecule has 1 aliphatic heterocycles. The van der Waals surface area contributed by atoms with E-state index in [2.05, 4.69) is 12.2 Å². The Morgan fingerprint density at radius 1 is 1.48 bits per heavy atom. The van der Waals surface area contributed by atoms with E-state index in [0.29, 0.717) is 11.6 Å². The van der Waals surface area contributed by atoms with Crippen LogP contribution in [0.15, 0.2) is 18.2 Å². The fraction of sp³-hybridized carbons (Fsp3) is 0.588. The largest absolute Gasteiger partial charge is 0.507 e. The molecule has 1 saturated heterocycles. The number of carbonyl (C=O) groups is 1. The monoisotopic (exact) mass is 290 g/mol. The van der Waals surface area contributed by atoms with Crippen LogP contribution in [-0.2, 0) is 0 Å². The number of benzene rings is 1. The van der Waals surface area contributed by atoms with Gasteiger partial charge in [0.15, 0.2) is 0 Å². The number of phenols is 1. The third-order valence-corrected chi connectivity index (χ3v) is 4.14. The highest BCUT2D eigenvalue weighted by Crippen LogP contribution is 2.23. The van der Waals surface area contributed by atoms with Crippen LogP contribution in [0, 0.1) is 6.92 Å². The van der Waals surface area contributed by atoms with E-state index in [-0.39, 0.29) is 11.7 Å². The summed E-state index contributed by atoms with van der Waals surface area (Å²) in [7, 11) is 0. The van der Waals surface area contributed by atoms with Gasteiger partial charge in [-0.15, -0.1) is 0 Å². The number of aromatic hydroxyl groups is 1. The van der Waals surface area contributed by atoms with Crippen LogP contribution in [0.25, 0.3) is 0 Å². The average molecular weight is 290 g/mol. The molecule has 1 amide bonds. The van der Waals surface area contributed by atoms with Crippen molar-refractivity contribution >= 4 is 5.91 Å². The van der Waals surface area contributed by atoms with Crippen molar-refractivity contribution in [2.75, 3.05) is 19.6 Å². The van der Waals surface area contributed by atoms with Crippen LogP contribution < -0.4 is 5.32 Å². The molecule has 4 nitrogen and oxygen atoms in total. The average Bonchev–Trinajstić information content (AvgIpc) is 2.98. The molecule has 1 heterocycles. The van der Waals surface area contributed by atoms with Crippen LogP contribution in [-0.4, -0.2) is 41.6 Å². The Labute approximate surface area is 127 Å². The second-order valence-electron chi connectivity index (χ2n) is 5.87. The SMILES string of the molecule is CCCCN(CC1CCCN1)C(=O)c1cccc(C)c1O. The molecule has 116 valence electrons. The maximum Gasteiger partial charge on any atom is 0.257 e. The fourth-order valence-electron chi connectivity index (χ4n) is 2.81. The number of aryl methyl sites for hydroxylation is 1. The number of rotatable bonds is 6. The summed E-state index contributed by atoms with van der Waals surface area (Å²) in [5, 5.41) is 13.6. The number of unbranched alkanes of at least 4 members (excludes halogenated alkanes) is 1. The van der Waals surface area contributed by atoms with Crippen molar-refractivity contribution in [3.8, 4) is 5.75 Å². The summed E-state index contributed by atoms with van der Waals surface area (Å²) >= 11 is 0. The molecule has 0 aliphatic carbocycles. The molecule has 2 rings (SSSR count). The van der Waals surface area contributed by atoms with Crippen LogP contribution in [0.2, 0.25) is 0 Å². The summed E-state index contributed by atoms with van der Waals surface area (Å²) in [6, 6.07) is 5.75. The Morgan fingerprint density at radius 2 is 2.29 bits per heavy atom. The highest BCUT2D eigenvalue weighted by molar-refractivity contribution is 5.97. The van der Waals surface area contributed by atoms with Crippen molar-refractivity contribution < 1.29 is 9.90 Å². The van der Waals surface area contributed by atoms with Crippen molar-refractivity contribution in [3.63, 3.8) is 0 Å². The lowest BCUT2D eigenvalue weighted by atomic mass is 10.1. The van der Waals surface area contributed by atoms with E-state index in [1.165, 1.54) is 6.42 Å². The van der Waals surface area contributed by atoms with Gasteiger partial charge in [-0.05, 0) is 44.4 Å². The van der Waals surface area contributed by atoms with Gasteiger partial charge in [-0.2, -0.15) is 0 Å². The van der Waals surface area contributed by atoms with Gasteiger partial charge in [0, 0.05) is 19.1 Å². The predicted molar refractivity (Wildman–Crippen MR) is 84.7 cm³/mol. The van der Waals surface area contributed by atoms with Gasteiger partial charge in [-0.1, -0.05) is 25.5 Å². The quantitative estimate of drug-likeness (QED) is 0.847. The zero-order chi connectivity index (χ0) is 15.2. The van der Waals surface area contributed by atoms with Crippen molar-refractivity contribution in [1.29, 1.82) is 0 Å². The van der Waals surface area contributed by atoms with Gasteiger partial charge >= 0.3 is 0 Å². The lowest BCUT2D eigenvalue weighted by Crippen LogP contribution is -2.41. The molecule has 1 aromatic rings. The minimum Gasteiger partial charge on any atom is -0.507 e. The number of nitrogens with one attached hydrogen (secondary N) is 1. The number of hydrogen-bond donors (Lipinski definition) is 2. The van der Waals surface area contributed by atoms with E-state index in [4.69, 9.17) is 0 Å². The molecule has 0 aromatic heterocycles. The van der Waals surface area contributed by atoms with Crippen LogP contribution in [0.3, 0.4) is 0 Å². The lowest BCUT2D eigenvalue weighted by Gasteiger charge is -2.26. The Morgan fingerprint density at radius 3 is 2.95 bits per heavy atom. The second kappa shape index (κ2) is 7.46. The number of carbonyl (C=O) groups excluding carboxylic acids is 1. The van der Waals surface area contributed by atoms with E-state index < -0.39 is 0 Å². The molecule has 2 N–H and O–H groups in total. The van der Waals surface area contributed by atoms with E-state index in [0.717, 1.165) is 44.5 Å². The Balaban J connectivity index is 2.13. The third kappa shape index (κ3) is 3.97. The lowest BCUT2D eigenvalue weighted by molar-refractivity contribution is 0.0736. The van der Waals surface area contributed by atoms with E-state index in [9.17, 15) is 9.90 Å². The van der Waals surface area contributed by atoms with Gasteiger partial charge < -0.3 is 15.3 Å². The summed E-state index contributed by atoms with van der Waals surface area (Å²) in [6.45, 7) is 6.46. The number of phenolic OH excluding ortho intramolecular Hbond substituents is 1. The van der Waals surface area contributed by atoms with E-state index in [1.54, 1.807) is 6.07 Å². The highest BCUT2D eigenvalue weighted by Gasteiger charge is 2.24. The molecule has 1 atom stereocenters. The standard InChI is InChI=1S/C17H26N2O2/c1-3-4-11-19(12-14-8-6-10-18-14)17(21)15-9-5-7-13(2)16(15)20/h5,7,9,14,18,20H,3-4,6,8,10-12H2,1-2H3. The smallest absolute Gasteiger partial charge is 0.257 e. The van der Waals surface area contributed by atoms with Crippen molar-refractivity contribution in [1.82, 2.24) is 10.2 Å². The first-order chi connectivity index (χ1) is 10.1. The molecule has 4 heteroatoms. The molecule has 0 bridgehead atoms. The fourth-order valence-corrected chi connectivity index (χ4v) is 2.81. The van der Waals surface area contributed by atoms with Gasteiger partial charge in [0.1, 0.15) is 5.75 Å². The first-order valence-corrected chi connectivity index (χ1v) is 7.94. The molecular weight excluding hydrogens is 264 g/mol. The molecular formula is C17H26N2O2. The van der Waals surface area contributed by atoms with Gasteiger partial charge in [-0.3, -0.25) is 4.79 Å². The van der Waals surface area contributed by atoms with Gasteiger partial charge in [0.05, 0.1) is 5.56 Å². The summed E-state index contributed by atoms with van der Waals surface area (Å²) in [5.41, 5.74) is 1.17. The molecule has 1 fully saturated rings. The van der Waals surface area contributed by atoms with E-state index >= 15 is 0 Å². The molecule has 0 spiro atoms. The predicted octanol–water partition coefficient (Wildman–Crippen LogP) is 2.69. The normalized spacial score (nSPS) is 17.9. The van der Waals surface area contributed by atoms with Crippen LogP contribution in [0.4, 0.5) is 0 Å². The van der Waals surface area contributed by atoms with E-state index in [1.807, 2.05) is 24.0 Å². The number of para-hydroxylation sites is 1. The van der Waals surface area contributed by atoms with Crippen molar-refractivity contribution in [3.05, 3.63) is 29.3 Å². The van der Waals surface area contributed by atoms with Crippen molar-refractivity contribution in [2.24, 2.45) is 0 Å². The molecule has 1 unspecified atom stereocenters. The zero-order valence-electron chi connectivity index (χ0n) is 13.1. The molecule has 21 heavy (non-hydrogen) atoms. The van der Waals surface area contributed by atoms with Gasteiger partial charge in [0.2, 0.25) is 0 Å². The number of amides is 1. The minimum absolute atomic E-state index is 0.0571. The Kier molecular flexibility index (Phi) is 5.62. The zero-order valence-corrected chi connectivity index (χ0v) is 13.1. The van der Waals surface area contributed by atoms with Crippen molar-refractivity contribution in [2.45, 2.75) is 45.6 Å².